The van der Waals surface area contributed by atoms with Gasteiger partial charge in [0, 0.05) is 18.1 Å². The number of aromatic nitrogens is 1. The predicted molar refractivity (Wildman–Crippen MR) is 114 cm³/mol. The molecule has 0 saturated heterocycles. The topological polar surface area (TPSA) is 98.5 Å². The maximum atomic E-state index is 12.9. The first-order chi connectivity index (χ1) is 14.3. The molecule has 1 amide bonds. The van der Waals surface area contributed by atoms with Gasteiger partial charge in [-0.1, -0.05) is 29.4 Å². The summed E-state index contributed by atoms with van der Waals surface area (Å²) < 4.78 is 36.5. The molecule has 0 unspecified atom stereocenters. The summed E-state index contributed by atoms with van der Waals surface area (Å²) in [7, 11) is -3.68. The minimum Gasteiger partial charge on any atom is -0.492 e. The van der Waals surface area contributed by atoms with E-state index in [0.29, 0.717) is 40.6 Å². The second kappa shape index (κ2) is 9.13. The summed E-state index contributed by atoms with van der Waals surface area (Å²) in [5.41, 5.74) is 2.45. The molecule has 0 aliphatic carbocycles. The summed E-state index contributed by atoms with van der Waals surface area (Å²) in [4.78, 5) is 12.5. The van der Waals surface area contributed by atoms with E-state index in [2.05, 4.69) is 10.5 Å². The lowest BCUT2D eigenvalue weighted by Crippen LogP contribution is -2.18. The molecule has 30 heavy (non-hydrogen) atoms. The zero-order chi connectivity index (χ0) is 21.7. The number of carbonyl (C=O) groups excluding carboxylic acids is 1. The lowest BCUT2D eigenvalue weighted by Gasteiger charge is -2.12. The van der Waals surface area contributed by atoms with Crippen LogP contribution in [0, 0.1) is 13.8 Å². The van der Waals surface area contributed by atoms with E-state index < -0.39 is 15.7 Å². The number of nitrogens with zero attached hydrogens (tertiary/aromatic N) is 1. The SMILES string of the molecule is CCOc1ccccc1NC(=O)CCS(=O)(=O)c1cc(-c2cc(C)no2)ccc1C. The highest BCUT2D eigenvalue weighted by Gasteiger charge is 2.21. The number of amides is 1. The van der Waals surface area contributed by atoms with Gasteiger partial charge in [0.2, 0.25) is 5.91 Å². The smallest absolute Gasteiger partial charge is 0.225 e. The Kier molecular flexibility index (Phi) is 6.56. The van der Waals surface area contributed by atoms with Crippen molar-refractivity contribution in [2.75, 3.05) is 17.7 Å². The van der Waals surface area contributed by atoms with Crippen LogP contribution in [0.15, 0.2) is 57.9 Å². The van der Waals surface area contributed by atoms with Crippen LogP contribution in [0.25, 0.3) is 11.3 Å². The van der Waals surface area contributed by atoms with Gasteiger partial charge < -0.3 is 14.6 Å². The van der Waals surface area contributed by atoms with E-state index in [4.69, 9.17) is 9.26 Å². The molecule has 1 N–H and O–H groups in total. The van der Waals surface area contributed by atoms with Crippen molar-refractivity contribution in [2.24, 2.45) is 0 Å². The number of carbonyl (C=O) groups is 1. The van der Waals surface area contributed by atoms with Gasteiger partial charge in [0.05, 0.1) is 28.6 Å². The van der Waals surface area contributed by atoms with Gasteiger partial charge in [-0.05, 0) is 44.5 Å². The predicted octanol–water partition coefficient (Wildman–Crippen LogP) is 4.16. The fraction of sp³-hybridized carbons (Fsp3) is 0.273. The molecule has 158 valence electrons. The van der Waals surface area contributed by atoms with E-state index in [0.717, 1.165) is 0 Å². The van der Waals surface area contributed by atoms with E-state index in [1.165, 1.54) is 0 Å². The number of para-hydroxylation sites is 2. The van der Waals surface area contributed by atoms with Crippen LogP contribution in [-0.2, 0) is 14.6 Å². The Balaban J connectivity index is 1.73. The second-order valence-electron chi connectivity index (χ2n) is 6.86. The van der Waals surface area contributed by atoms with E-state index in [1.54, 1.807) is 62.4 Å². The summed E-state index contributed by atoms with van der Waals surface area (Å²) in [5.74, 6) is 0.330. The number of anilines is 1. The first kappa shape index (κ1) is 21.6. The first-order valence-corrected chi connectivity index (χ1v) is 11.2. The van der Waals surface area contributed by atoms with Crippen molar-refractivity contribution in [1.82, 2.24) is 5.16 Å². The Bertz CT molecular complexity index is 1150. The van der Waals surface area contributed by atoms with Crippen LogP contribution < -0.4 is 10.1 Å². The molecule has 0 radical (unpaired) electrons. The van der Waals surface area contributed by atoms with Crippen LogP contribution in [0.2, 0.25) is 0 Å². The molecule has 0 saturated carbocycles. The van der Waals surface area contributed by atoms with Gasteiger partial charge in [0.15, 0.2) is 15.6 Å². The van der Waals surface area contributed by atoms with Crippen molar-refractivity contribution in [1.29, 1.82) is 0 Å². The third-order valence-electron chi connectivity index (χ3n) is 4.49. The average Bonchev–Trinajstić information content (AvgIpc) is 3.15. The molecular formula is C22H24N2O5S. The summed E-state index contributed by atoms with van der Waals surface area (Å²) in [6.07, 6.45) is -0.173. The van der Waals surface area contributed by atoms with Gasteiger partial charge in [-0.3, -0.25) is 4.79 Å². The molecule has 0 fully saturated rings. The summed E-state index contributed by atoms with van der Waals surface area (Å²) in [6.45, 7) is 5.82. The molecule has 7 nitrogen and oxygen atoms in total. The zero-order valence-electron chi connectivity index (χ0n) is 17.1. The van der Waals surface area contributed by atoms with Gasteiger partial charge in [-0.15, -0.1) is 0 Å². The van der Waals surface area contributed by atoms with Crippen LogP contribution in [-0.4, -0.2) is 31.8 Å². The lowest BCUT2D eigenvalue weighted by atomic mass is 10.1. The molecule has 1 heterocycles. The van der Waals surface area contributed by atoms with Crippen LogP contribution in [0.4, 0.5) is 5.69 Å². The van der Waals surface area contributed by atoms with Gasteiger partial charge >= 0.3 is 0 Å². The largest absolute Gasteiger partial charge is 0.492 e. The zero-order valence-corrected chi connectivity index (χ0v) is 18.0. The molecule has 3 aromatic rings. The van der Waals surface area contributed by atoms with E-state index in [9.17, 15) is 13.2 Å². The van der Waals surface area contributed by atoms with Crippen LogP contribution in [0.3, 0.4) is 0 Å². The Labute approximate surface area is 176 Å². The molecule has 0 aliphatic heterocycles. The average molecular weight is 429 g/mol. The number of benzene rings is 2. The fourth-order valence-electron chi connectivity index (χ4n) is 2.99. The van der Waals surface area contributed by atoms with Crippen molar-refractivity contribution in [3.05, 3.63) is 59.8 Å². The maximum absolute atomic E-state index is 12.9. The highest BCUT2D eigenvalue weighted by Crippen LogP contribution is 2.27. The van der Waals surface area contributed by atoms with E-state index in [-0.39, 0.29) is 17.1 Å². The molecular weight excluding hydrogens is 404 g/mol. The number of ether oxygens (including phenoxy) is 1. The number of sulfone groups is 1. The molecule has 0 bridgehead atoms. The van der Waals surface area contributed by atoms with Crippen molar-refractivity contribution in [2.45, 2.75) is 32.1 Å². The van der Waals surface area contributed by atoms with Crippen LogP contribution in [0.1, 0.15) is 24.6 Å². The first-order valence-electron chi connectivity index (χ1n) is 9.59. The maximum Gasteiger partial charge on any atom is 0.225 e. The normalized spacial score (nSPS) is 11.3. The minimum absolute atomic E-state index is 0.173. The summed E-state index contributed by atoms with van der Waals surface area (Å²) in [6, 6.07) is 13.8. The molecule has 1 aromatic heterocycles. The molecule has 3 rings (SSSR count). The summed E-state index contributed by atoms with van der Waals surface area (Å²) in [5, 5.41) is 6.56. The highest BCUT2D eigenvalue weighted by atomic mass is 32.2. The number of hydrogen-bond acceptors (Lipinski definition) is 6. The van der Waals surface area contributed by atoms with Crippen LogP contribution >= 0.6 is 0 Å². The van der Waals surface area contributed by atoms with Crippen molar-refractivity contribution in [3.8, 4) is 17.1 Å². The number of aryl methyl sites for hydroxylation is 2. The van der Waals surface area contributed by atoms with Gasteiger partial charge in [0.25, 0.3) is 0 Å². The van der Waals surface area contributed by atoms with Gasteiger partial charge in [0.1, 0.15) is 5.75 Å². The van der Waals surface area contributed by atoms with E-state index >= 15 is 0 Å². The lowest BCUT2D eigenvalue weighted by molar-refractivity contribution is -0.115. The van der Waals surface area contributed by atoms with Gasteiger partial charge in [-0.25, -0.2) is 8.42 Å². The van der Waals surface area contributed by atoms with Crippen LogP contribution in [0.5, 0.6) is 5.75 Å². The van der Waals surface area contributed by atoms with Crippen molar-refractivity contribution >= 4 is 21.4 Å². The fourth-order valence-corrected chi connectivity index (χ4v) is 4.53. The molecule has 0 aliphatic rings. The Hall–Kier alpha value is -3.13. The minimum atomic E-state index is -3.68. The Morgan fingerprint density at radius 1 is 1.13 bits per heavy atom. The Morgan fingerprint density at radius 2 is 1.90 bits per heavy atom. The highest BCUT2D eigenvalue weighted by molar-refractivity contribution is 7.91. The molecule has 0 spiro atoms. The second-order valence-corrected chi connectivity index (χ2v) is 8.94. The van der Waals surface area contributed by atoms with Gasteiger partial charge in [-0.2, -0.15) is 0 Å². The number of rotatable bonds is 8. The Morgan fingerprint density at radius 3 is 2.60 bits per heavy atom. The standard InChI is InChI=1S/C22H24N2O5S/c1-4-28-19-8-6-5-7-18(19)23-22(25)11-12-30(26,27)21-14-17(10-9-15(21)2)20-13-16(3)24-29-20/h5-10,13-14H,4,11-12H2,1-3H3,(H,23,25). The molecule has 2 aromatic carbocycles. The monoisotopic (exact) mass is 428 g/mol. The molecule has 0 atom stereocenters. The molecule has 8 heteroatoms. The quantitative estimate of drug-likeness (QED) is 0.578. The van der Waals surface area contributed by atoms with E-state index in [1.807, 2.05) is 6.92 Å². The van der Waals surface area contributed by atoms with Crippen molar-refractivity contribution in [3.63, 3.8) is 0 Å². The summed E-state index contributed by atoms with van der Waals surface area (Å²) >= 11 is 0. The third-order valence-corrected chi connectivity index (χ3v) is 6.35. The number of hydrogen-bond donors (Lipinski definition) is 1. The third kappa shape index (κ3) is 5.07. The van der Waals surface area contributed by atoms with Crippen molar-refractivity contribution < 1.29 is 22.5 Å². The number of nitrogens with one attached hydrogen (secondary N) is 1.